The van der Waals surface area contributed by atoms with Gasteiger partial charge in [-0.05, 0) is 36.4 Å². The Morgan fingerprint density at radius 1 is 0.704 bits per heavy atom. The number of rotatable bonds is 2. The standard InChI is InChI=1S/C10H14N2O2.C10H14N2O/c11-9-2-1-8(7-10(9)13)12-3-5-14-6-4-12;11-9-1-3-10(4-2-9)12-5-7-13-8-6-12/h1-2,7,13H,3-6,11H2;1-4H,5-8,11H2. The molecular formula is C20H28N4O3. The quantitative estimate of drug-likeness (QED) is 0.547. The van der Waals surface area contributed by atoms with Crippen LogP contribution in [0.25, 0.3) is 0 Å². The Bertz CT molecular complexity index is 712. The van der Waals surface area contributed by atoms with Gasteiger partial charge in [-0.15, -0.1) is 0 Å². The maximum atomic E-state index is 9.45. The Labute approximate surface area is 160 Å². The molecule has 2 aromatic rings. The van der Waals surface area contributed by atoms with Gasteiger partial charge in [-0.3, -0.25) is 0 Å². The molecule has 0 amide bonds. The number of aromatic hydroxyl groups is 1. The summed E-state index contributed by atoms with van der Waals surface area (Å²) in [5, 5.41) is 9.45. The van der Waals surface area contributed by atoms with Crippen molar-refractivity contribution in [2.75, 3.05) is 73.9 Å². The third-order valence-electron chi connectivity index (χ3n) is 4.66. The molecule has 146 valence electrons. The van der Waals surface area contributed by atoms with E-state index in [1.54, 1.807) is 12.1 Å². The lowest BCUT2D eigenvalue weighted by Crippen LogP contribution is -2.36. The minimum Gasteiger partial charge on any atom is -0.506 e. The summed E-state index contributed by atoms with van der Waals surface area (Å²) in [5.41, 5.74) is 14.6. The third kappa shape index (κ3) is 5.42. The molecule has 27 heavy (non-hydrogen) atoms. The van der Waals surface area contributed by atoms with Gasteiger partial charge in [0.1, 0.15) is 5.75 Å². The van der Waals surface area contributed by atoms with Crippen LogP contribution in [0.5, 0.6) is 5.75 Å². The zero-order valence-electron chi connectivity index (χ0n) is 15.5. The lowest BCUT2D eigenvalue weighted by atomic mass is 10.2. The number of nitrogen functional groups attached to an aromatic ring is 2. The second-order valence-corrected chi connectivity index (χ2v) is 6.53. The van der Waals surface area contributed by atoms with E-state index < -0.39 is 0 Å². The fraction of sp³-hybridized carbons (Fsp3) is 0.400. The fourth-order valence-corrected chi connectivity index (χ4v) is 3.06. The van der Waals surface area contributed by atoms with Gasteiger partial charge in [-0.2, -0.15) is 0 Å². The SMILES string of the molecule is Nc1ccc(N2CCOCC2)cc1.Nc1ccc(N2CCOCC2)cc1O. The van der Waals surface area contributed by atoms with Gasteiger partial charge in [0.15, 0.2) is 0 Å². The molecule has 0 aliphatic carbocycles. The molecule has 2 saturated heterocycles. The van der Waals surface area contributed by atoms with Crippen molar-refractivity contribution in [3.05, 3.63) is 42.5 Å². The fourth-order valence-electron chi connectivity index (χ4n) is 3.06. The van der Waals surface area contributed by atoms with Crippen molar-refractivity contribution in [3.8, 4) is 5.75 Å². The van der Waals surface area contributed by atoms with Gasteiger partial charge in [-0.1, -0.05) is 0 Å². The first-order chi connectivity index (χ1) is 13.1. The molecule has 5 N–H and O–H groups in total. The molecule has 7 nitrogen and oxygen atoms in total. The second-order valence-electron chi connectivity index (χ2n) is 6.53. The van der Waals surface area contributed by atoms with Gasteiger partial charge in [0.25, 0.3) is 0 Å². The van der Waals surface area contributed by atoms with Gasteiger partial charge in [0, 0.05) is 49.3 Å². The Morgan fingerprint density at radius 3 is 1.70 bits per heavy atom. The summed E-state index contributed by atoms with van der Waals surface area (Å²) in [6, 6.07) is 13.3. The van der Waals surface area contributed by atoms with E-state index in [-0.39, 0.29) is 5.75 Å². The number of hydrogen-bond donors (Lipinski definition) is 3. The van der Waals surface area contributed by atoms with Gasteiger partial charge >= 0.3 is 0 Å². The Balaban J connectivity index is 0.000000156. The first-order valence-electron chi connectivity index (χ1n) is 9.23. The van der Waals surface area contributed by atoms with E-state index in [1.807, 2.05) is 18.2 Å². The average molecular weight is 372 g/mol. The van der Waals surface area contributed by atoms with Gasteiger partial charge in [-0.25, -0.2) is 0 Å². The lowest BCUT2D eigenvalue weighted by Gasteiger charge is -2.28. The number of nitrogens with zero attached hydrogens (tertiary/aromatic N) is 2. The highest BCUT2D eigenvalue weighted by molar-refractivity contribution is 5.61. The number of ether oxygens (including phenoxy) is 2. The van der Waals surface area contributed by atoms with Crippen molar-refractivity contribution in [1.29, 1.82) is 0 Å². The summed E-state index contributed by atoms with van der Waals surface area (Å²) >= 11 is 0. The highest BCUT2D eigenvalue weighted by Gasteiger charge is 2.12. The number of phenols is 1. The van der Waals surface area contributed by atoms with Crippen molar-refractivity contribution < 1.29 is 14.6 Å². The van der Waals surface area contributed by atoms with Crippen molar-refractivity contribution in [2.24, 2.45) is 0 Å². The largest absolute Gasteiger partial charge is 0.506 e. The smallest absolute Gasteiger partial charge is 0.140 e. The average Bonchev–Trinajstić information content (AvgIpc) is 2.72. The molecule has 2 fully saturated rings. The van der Waals surface area contributed by atoms with Crippen LogP contribution in [-0.2, 0) is 9.47 Å². The lowest BCUT2D eigenvalue weighted by molar-refractivity contribution is 0.122. The van der Waals surface area contributed by atoms with Crippen LogP contribution >= 0.6 is 0 Å². The van der Waals surface area contributed by atoms with Crippen LogP contribution in [0.3, 0.4) is 0 Å². The second kappa shape index (κ2) is 9.34. The van der Waals surface area contributed by atoms with E-state index in [1.165, 1.54) is 5.69 Å². The third-order valence-corrected chi connectivity index (χ3v) is 4.66. The number of anilines is 4. The summed E-state index contributed by atoms with van der Waals surface area (Å²) in [5.74, 6) is 0.147. The molecule has 0 spiro atoms. The van der Waals surface area contributed by atoms with Crippen molar-refractivity contribution in [2.45, 2.75) is 0 Å². The molecule has 2 heterocycles. The monoisotopic (exact) mass is 372 g/mol. The maximum Gasteiger partial charge on any atom is 0.140 e. The van der Waals surface area contributed by atoms with Crippen LogP contribution in [0.2, 0.25) is 0 Å². The van der Waals surface area contributed by atoms with Crippen LogP contribution in [0.1, 0.15) is 0 Å². The molecule has 2 aliphatic rings. The minimum atomic E-state index is 0.147. The predicted octanol–water partition coefficient (Wildman–Crippen LogP) is 1.92. The number of morpholine rings is 2. The topological polar surface area (TPSA) is 97.2 Å². The van der Waals surface area contributed by atoms with E-state index in [0.717, 1.165) is 64.0 Å². The van der Waals surface area contributed by atoms with Crippen molar-refractivity contribution >= 4 is 22.7 Å². The maximum absolute atomic E-state index is 9.45. The summed E-state index contributed by atoms with van der Waals surface area (Å²) in [6.45, 7) is 6.81. The van der Waals surface area contributed by atoms with Gasteiger partial charge in [0.05, 0.1) is 32.1 Å². The summed E-state index contributed by atoms with van der Waals surface area (Å²) < 4.78 is 10.5. The Kier molecular flexibility index (Phi) is 6.62. The van der Waals surface area contributed by atoms with Gasteiger partial charge < -0.3 is 35.8 Å². The molecule has 0 saturated carbocycles. The molecule has 2 aromatic carbocycles. The van der Waals surface area contributed by atoms with Gasteiger partial charge in [0.2, 0.25) is 0 Å². The van der Waals surface area contributed by atoms with E-state index >= 15 is 0 Å². The van der Waals surface area contributed by atoms with Crippen LogP contribution in [0, 0.1) is 0 Å². The summed E-state index contributed by atoms with van der Waals surface area (Å²) in [4.78, 5) is 4.48. The molecule has 7 heteroatoms. The molecular weight excluding hydrogens is 344 g/mol. The first kappa shape index (κ1) is 19.1. The predicted molar refractivity (Wildman–Crippen MR) is 109 cm³/mol. The molecule has 2 aliphatic heterocycles. The molecule has 0 radical (unpaired) electrons. The molecule has 4 rings (SSSR count). The number of benzene rings is 2. The molecule has 0 bridgehead atoms. The zero-order chi connectivity index (χ0) is 19.1. The highest BCUT2D eigenvalue weighted by Crippen LogP contribution is 2.26. The summed E-state index contributed by atoms with van der Waals surface area (Å²) in [7, 11) is 0. The first-order valence-corrected chi connectivity index (χ1v) is 9.23. The van der Waals surface area contributed by atoms with E-state index in [9.17, 15) is 5.11 Å². The van der Waals surface area contributed by atoms with Crippen LogP contribution in [0.4, 0.5) is 22.7 Å². The van der Waals surface area contributed by atoms with Crippen LogP contribution in [-0.4, -0.2) is 57.7 Å². The molecule has 0 atom stereocenters. The molecule has 0 unspecified atom stereocenters. The summed E-state index contributed by atoms with van der Waals surface area (Å²) in [6.07, 6.45) is 0. The Hall–Kier alpha value is -2.64. The van der Waals surface area contributed by atoms with Crippen LogP contribution < -0.4 is 21.3 Å². The molecule has 0 aromatic heterocycles. The highest BCUT2D eigenvalue weighted by atomic mass is 16.5. The van der Waals surface area contributed by atoms with E-state index in [4.69, 9.17) is 20.9 Å². The zero-order valence-corrected chi connectivity index (χ0v) is 15.5. The van der Waals surface area contributed by atoms with E-state index in [2.05, 4.69) is 21.9 Å². The number of nitrogens with two attached hydrogens (primary N) is 2. The normalized spacial score (nSPS) is 17.2. The minimum absolute atomic E-state index is 0.147. The van der Waals surface area contributed by atoms with Crippen molar-refractivity contribution in [3.63, 3.8) is 0 Å². The number of hydrogen-bond acceptors (Lipinski definition) is 7. The Morgan fingerprint density at radius 2 is 1.19 bits per heavy atom. The van der Waals surface area contributed by atoms with Crippen LogP contribution in [0.15, 0.2) is 42.5 Å². The van der Waals surface area contributed by atoms with Crippen molar-refractivity contribution in [1.82, 2.24) is 0 Å². The van der Waals surface area contributed by atoms with E-state index in [0.29, 0.717) is 5.69 Å². The number of phenolic OH excluding ortho intramolecular Hbond substituents is 1.